The summed E-state index contributed by atoms with van der Waals surface area (Å²) in [5.74, 6) is 3.24. The van der Waals surface area contributed by atoms with E-state index in [0.717, 1.165) is 46.6 Å². The molecule has 0 unspecified atom stereocenters. The van der Waals surface area contributed by atoms with Crippen molar-refractivity contribution in [2.75, 3.05) is 13.7 Å². The Kier molecular flexibility index (Phi) is 6.01. The van der Waals surface area contributed by atoms with Crippen LogP contribution in [0.4, 0.5) is 0 Å². The Morgan fingerprint density at radius 3 is 2.81 bits per heavy atom. The molecule has 4 heterocycles. The maximum atomic E-state index is 5.87. The van der Waals surface area contributed by atoms with E-state index < -0.39 is 0 Å². The quantitative estimate of drug-likeness (QED) is 0.358. The van der Waals surface area contributed by atoms with Crippen molar-refractivity contribution in [1.82, 2.24) is 25.0 Å². The molecule has 1 aliphatic heterocycles. The maximum Gasteiger partial charge on any atom is 0.257 e. The topological polar surface area (TPSA) is 88.1 Å². The molecule has 0 spiro atoms. The Hall–Kier alpha value is -2.69. The molecule has 0 N–H and O–H groups in total. The first kappa shape index (κ1) is 20.2. The fourth-order valence-corrected chi connectivity index (χ4v) is 4.87. The van der Waals surface area contributed by atoms with Crippen molar-refractivity contribution < 1.29 is 13.9 Å². The van der Waals surface area contributed by atoms with E-state index in [1.165, 1.54) is 11.8 Å². The molecule has 10 heteroatoms. The summed E-state index contributed by atoms with van der Waals surface area (Å²) in [6.45, 7) is 1.52. The van der Waals surface area contributed by atoms with Gasteiger partial charge in [0.1, 0.15) is 5.75 Å². The van der Waals surface area contributed by atoms with Gasteiger partial charge in [-0.1, -0.05) is 17.8 Å². The van der Waals surface area contributed by atoms with Gasteiger partial charge in [0, 0.05) is 12.2 Å². The highest BCUT2D eigenvalue weighted by molar-refractivity contribution is 7.98. The SMILES string of the molecule is COc1ccc(-c2nnc(SCc3nnc(-c4cccs4)o3)n2C[C@@H]2CCCO2)cc1. The number of benzene rings is 1. The smallest absolute Gasteiger partial charge is 0.257 e. The van der Waals surface area contributed by atoms with Crippen LogP contribution in [0.1, 0.15) is 18.7 Å². The van der Waals surface area contributed by atoms with Gasteiger partial charge >= 0.3 is 0 Å². The molecule has 4 aromatic rings. The van der Waals surface area contributed by atoms with Crippen LogP contribution in [0.25, 0.3) is 22.2 Å². The van der Waals surface area contributed by atoms with Crippen molar-refractivity contribution in [2.45, 2.75) is 36.4 Å². The zero-order valence-corrected chi connectivity index (χ0v) is 18.6. The zero-order chi connectivity index (χ0) is 21.0. The van der Waals surface area contributed by atoms with E-state index in [1.54, 1.807) is 18.4 Å². The predicted molar refractivity (Wildman–Crippen MR) is 118 cm³/mol. The number of ether oxygens (including phenoxy) is 2. The highest BCUT2D eigenvalue weighted by atomic mass is 32.2. The van der Waals surface area contributed by atoms with Gasteiger partial charge in [0.15, 0.2) is 11.0 Å². The first-order valence-corrected chi connectivity index (χ1v) is 11.8. The van der Waals surface area contributed by atoms with Crippen molar-refractivity contribution in [3.63, 3.8) is 0 Å². The van der Waals surface area contributed by atoms with Gasteiger partial charge in [-0.3, -0.25) is 4.57 Å². The molecule has 0 radical (unpaired) electrons. The lowest BCUT2D eigenvalue weighted by atomic mass is 10.2. The minimum atomic E-state index is 0.168. The second-order valence-electron chi connectivity index (χ2n) is 7.05. The summed E-state index contributed by atoms with van der Waals surface area (Å²) in [5.41, 5.74) is 0.982. The lowest BCUT2D eigenvalue weighted by Gasteiger charge is -2.14. The molecule has 0 bridgehead atoms. The molecule has 1 aromatic carbocycles. The lowest BCUT2D eigenvalue weighted by molar-refractivity contribution is 0.0953. The highest BCUT2D eigenvalue weighted by Gasteiger charge is 2.22. The third-order valence-corrected chi connectivity index (χ3v) is 6.81. The third-order valence-electron chi connectivity index (χ3n) is 5.00. The van der Waals surface area contributed by atoms with E-state index >= 15 is 0 Å². The summed E-state index contributed by atoms with van der Waals surface area (Å²) in [6.07, 6.45) is 2.29. The molecular formula is C21H21N5O3S2. The number of methoxy groups -OCH3 is 1. The van der Waals surface area contributed by atoms with Crippen LogP contribution in [0, 0.1) is 0 Å². The number of nitrogens with zero attached hydrogens (tertiary/aromatic N) is 5. The number of thiophene rings is 1. The number of hydrogen-bond acceptors (Lipinski definition) is 9. The molecule has 1 saturated heterocycles. The number of thioether (sulfide) groups is 1. The maximum absolute atomic E-state index is 5.87. The van der Waals surface area contributed by atoms with E-state index in [-0.39, 0.29) is 6.10 Å². The second kappa shape index (κ2) is 9.21. The minimum Gasteiger partial charge on any atom is -0.497 e. The van der Waals surface area contributed by atoms with E-state index in [1.807, 2.05) is 41.8 Å². The van der Waals surface area contributed by atoms with Crippen molar-refractivity contribution in [1.29, 1.82) is 0 Å². The highest BCUT2D eigenvalue weighted by Crippen LogP contribution is 2.30. The van der Waals surface area contributed by atoms with Crippen molar-refractivity contribution in [2.24, 2.45) is 0 Å². The van der Waals surface area contributed by atoms with E-state index in [2.05, 4.69) is 25.0 Å². The average Bonchev–Trinajstić information content (AvgIpc) is 3.61. The van der Waals surface area contributed by atoms with Crippen LogP contribution in [0.3, 0.4) is 0 Å². The van der Waals surface area contributed by atoms with E-state index in [0.29, 0.717) is 24.1 Å². The van der Waals surface area contributed by atoms with E-state index in [4.69, 9.17) is 13.9 Å². The Bertz CT molecular complexity index is 1120. The van der Waals surface area contributed by atoms with Crippen molar-refractivity contribution in [3.8, 4) is 27.9 Å². The third kappa shape index (κ3) is 4.51. The summed E-state index contributed by atoms with van der Waals surface area (Å²) in [6, 6.07) is 11.8. The van der Waals surface area contributed by atoms with Crippen LogP contribution in [0.2, 0.25) is 0 Å². The van der Waals surface area contributed by atoms with Crippen LogP contribution in [-0.2, 0) is 17.0 Å². The Balaban J connectivity index is 1.37. The second-order valence-corrected chi connectivity index (χ2v) is 8.94. The van der Waals surface area contributed by atoms with Gasteiger partial charge in [-0.15, -0.1) is 31.7 Å². The molecule has 160 valence electrons. The Morgan fingerprint density at radius 2 is 2.06 bits per heavy atom. The van der Waals surface area contributed by atoms with Crippen LogP contribution in [0.5, 0.6) is 5.75 Å². The molecule has 0 saturated carbocycles. The summed E-state index contributed by atoms with van der Waals surface area (Å²) in [4.78, 5) is 0.965. The van der Waals surface area contributed by atoms with Crippen molar-refractivity contribution in [3.05, 3.63) is 47.7 Å². The predicted octanol–water partition coefficient (Wildman–Crippen LogP) is 4.54. The van der Waals surface area contributed by atoms with Gasteiger partial charge in [-0.2, -0.15) is 0 Å². The monoisotopic (exact) mass is 455 g/mol. The summed E-state index contributed by atoms with van der Waals surface area (Å²) in [5, 5.41) is 20.0. The van der Waals surface area contributed by atoms with Gasteiger partial charge in [0.2, 0.25) is 5.89 Å². The van der Waals surface area contributed by atoms with Crippen LogP contribution >= 0.6 is 23.1 Å². The van der Waals surface area contributed by atoms with E-state index in [9.17, 15) is 0 Å². The molecule has 0 aliphatic carbocycles. The number of aromatic nitrogens is 5. The van der Waals surface area contributed by atoms with Gasteiger partial charge in [0.25, 0.3) is 5.89 Å². The fraction of sp³-hybridized carbons (Fsp3) is 0.333. The summed E-state index contributed by atoms with van der Waals surface area (Å²) in [7, 11) is 1.66. The van der Waals surface area contributed by atoms with Gasteiger partial charge in [-0.25, -0.2) is 0 Å². The first-order valence-electron chi connectivity index (χ1n) is 9.98. The molecule has 1 atom stereocenters. The number of rotatable bonds is 8. The Labute approximate surface area is 187 Å². The van der Waals surface area contributed by atoms with Crippen LogP contribution in [0.15, 0.2) is 51.4 Å². The summed E-state index contributed by atoms with van der Waals surface area (Å²) < 4.78 is 19.1. The first-order chi connectivity index (χ1) is 15.3. The molecule has 3 aromatic heterocycles. The zero-order valence-electron chi connectivity index (χ0n) is 16.9. The lowest BCUT2D eigenvalue weighted by Crippen LogP contribution is -2.16. The standard InChI is InChI=1S/C21H21N5O3S2/c1-27-15-8-6-14(7-9-15)19-23-25-21(26(19)12-16-4-2-10-28-16)31-13-18-22-24-20(29-18)17-5-3-11-30-17/h3,5-9,11,16H,2,4,10,12-13H2,1H3/t16-/m0/s1. The fourth-order valence-electron chi connectivity index (χ4n) is 3.44. The molecule has 0 amide bonds. The minimum absolute atomic E-state index is 0.168. The summed E-state index contributed by atoms with van der Waals surface area (Å²) >= 11 is 3.11. The molecule has 8 nitrogen and oxygen atoms in total. The Morgan fingerprint density at radius 1 is 1.16 bits per heavy atom. The van der Waals surface area contributed by atoms with Crippen molar-refractivity contribution >= 4 is 23.1 Å². The van der Waals surface area contributed by atoms with Gasteiger partial charge in [0.05, 0.1) is 30.4 Å². The molecular weight excluding hydrogens is 434 g/mol. The van der Waals surface area contributed by atoms with Gasteiger partial charge in [-0.05, 0) is 48.6 Å². The molecule has 31 heavy (non-hydrogen) atoms. The molecule has 1 fully saturated rings. The van der Waals surface area contributed by atoms with Crippen LogP contribution in [-0.4, -0.2) is 44.8 Å². The molecule has 5 rings (SSSR count). The number of hydrogen-bond donors (Lipinski definition) is 0. The normalized spacial score (nSPS) is 16.1. The van der Waals surface area contributed by atoms with Crippen LogP contribution < -0.4 is 4.74 Å². The molecule has 1 aliphatic rings. The average molecular weight is 456 g/mol. The largest absolute Gasteiger partial charge is 0.497 e. The van der Waals surface area contributed by atoms with Gasteiger partial charge < -0.3 is 13.9 Å².